The first-order chi connectivity index (χ1) is 13.3. The Morgan fingerprint density at radius 1 is 0.630 bits per heavy atom. The second kappa shape index (κ2) is 5.69. The standard InChI is InChI=1S/C24H14BrNS/c25-20-9-5-8-18-19-14-15(12-13-23(19)27-24(18)20)26-21-10-3-1-6-16(21)17-7-2-4-11-22(17)26/h1-14H. The van der Waals surface area contributed by atoms with E-state index in [1.54, 1.807) is 0 Å². The third kappa shape index (κ3) is 2.16. The zero-order valence-electron chi connectivity index (χ0n) is 14.3. The monoisotopic (exact) mass is 427 g/mol. The van der Waals surface area contributed by atoms with Crippen LogP contribution in [0.5, 0.6) is 0 Å². The summed E-state index contributed by atoms with van der Waals surface area (Å²) in [6.45, 7) is 0. The van der Waals surface area contributed by atoms with E-state index in [9.17, 15) is 0 Å². The van der Waals surface area contributed by atoms with Crippen molar-refractivity contribution in [2.75, 3.05) is 0 Å². The Morgan fingerprint density at radius 3 is 2.04 bits per heavy atom. The minimum atomic E-state index is 1.17. The third-order valence-electron chi connectivity index (χ3n) is 5.27. The van der Waals surface area contributed by atoms with E-state index in [1.165, 1.54) is 52.1 Å². The van der Waals surface area contributed by atoms with Crippen LogP contribution in [-0.4, -0.2) is 4.57 Å². The number of para-hydroxylation sites is 2. The highest BCUT2D eigenvalue weighted by Crippen LogP contribution is 2.40. The number of hydrogen-bond acceptors (Lipinski definition) is 1. The molecule has 0 spiro atoms. The Labute approximate surface area is 168 Å². The van der Waals surface area contributed by atoms with E-state index >= 15 is 0 Å². The van der Waals surface area contributed by atoms with Gasteiger partial charge >= 0.3 is 0 Å². The molecule has 0 aliphatic rings. The first-order valence-corrected chi connectivity index (χ1v) is 10.5. The fourth-order valence-electron chi connectivity index (χ4n) is 4.09. The topological polar surface area (TPSA) is 4.93 Å². The van der Waals surface area contributed by atoms with E-state index in [4.69, 9.17) is 0 Å². The Kier molecular flexibility index (Phi) is 3.25. The van der Waals surface area contributed by atoms with Gasteiger partial charge in [-0.3, -0.25) is 0 Å². The van der Waals surface area contributed by atoms with Crippen molar-refractivity contribution in [3.05, 3.63) is 89.4 Å². The molecule has 0 saturated carbocycles. The summed E-state index contributed by atoms with van der Waals surface area (Å²) >= 11 is 5.55. The smallest absolute Gasteiger partial charge is 0.0541 e. The Bertz CT molecular complexity index is 1440. The van der Waals surface area contributed by atoms with Crippen molar-refractivity contribution in [2.45, 2.75) is 0 Å². The van der Waals surface area contributed by atoms with Crippen LogP contribution in [0.15, 0.2) is 89.4 Å². The Balaban J connectivity index is 1.75. The molecule has 128 valence electrons. The number of aromatic nitrogens is 1. The average molecular weight is 428 g/mol. The van der Waals surface area contributed by atoms with Gasteiger partial charge in [0.1, 0.15) is 0 Å². The fourth-order valence-corrected chi connectivity index (χ4v) is 5.79. The van der Waals surface area contributed by atoms with Crippen LogP contribution in [0.3, 0.4) is 0 Å². The van der Waals surface area contributed by atoms with Gasteiger partial charge in [0.15, 0.2) is 0 Å². The molecule has 0 unspecified atom stereocenters. The normalized spacial score (nSPS) is 11.9. The number of hydrogen-bond donors (Lipinski definition) is 0. The molecule has 0 aliphatic heterocycles. The van der Waals surface area contributed by atoms with Crippen LogP contribution in [0.2, 0.25) is 0 Å². The maximum absolute atomic E-state index is 3.70. The number of benzene rings is 4. The Morgan fingerprint density at radius 2 is 1.30 bits per heavy atom. The zero-order valence-corrected chi connectivity index (χ0v) is 16.7. The van der Waals surface area contributed by atoms with Crippen LogP contribution in [0, 0.1) is 0 Å². The van der Waals surface area contributed by atoms with E-state index in [0.29, 0.717) is 0 Å². The van der Waals surface area contributed by atoms with Gasteiger partial charge in [-0.05, 0) is 52.3 Å². The van der Waals surface area contributed by atoms with Crippen LogP contribution in [0.4, 0.5) is 0 Å². The number of halogens is 1. The van der Waals surface area contributed by atoms with Crippen molar-refractivity contribution in [1.82, 2.24) is 4.57 Å². The molecule has 27 heavy (non-hydrogen) atoms. The van der Waals surface area contributed by atoms with Crippen LogP contribution < -0.4 is 0 Å². The second-order valence-electron chi connectivity index (χ2n) is 6.77. The zero-order chi connectivity index (χ0) is 18.0. The lowest BCUT2D eigenvalue weighted by Gasteiger charge is -2.08. The van der Waals surface area contributed by atoms with Crippen molar-refractivity contribution in [1.29, 1.82) is 0 Å². The van der Waals surface area contributed by atoms with Crippen LogP contribution in [0.25, 0.3) is 47.7 Å². The molecule has 6 aromatic rings. The first kappa shape index (κ1) is 15.4. The lowest BCUT2D eigenvalue weighted by molar-refractivity contribution is 1.19. The van der Waals surface area contributed by atoms with E-state index in [2.05, 4.69) is 105 Å². The summed E-state index contributed by atoms with van der Waals surface area (Å²) in [6, 6.07) is 30.6. The summed E-state index contributed by atoms with van der Waals surface area (Å²) in [4.78, 5) is 0. The van der Waals surface area contributed by atoms with Gasteiger partial charge in [-0.1, -0.05) is 48.5 Å². The number of nitrogens with zero attached hydrogens (tertiary/aromatic N) is 1. The molecule has 2 aromatic heterocycles. The molecule has 2 heterocycles. The number of rotatable bonds is 1. The summed E-state index contributed by atoms with van der Waals surface area (Å²) in [5.41, 5.74) is 3.71. The van der Waals surface area contributed by atoms with Crippen molar-refractivity contribution in [3.8, 4) is 5.69 Å². The molecule has 1 nitrogen and oxygen atoms in total. The van der Waals surface area contributed by atoms with Crippen LogP contribution in [-0.2, 0) is 0 Å². The molecule has 0 saturated heterocycles. The molecular formula is C24H14BrNS. The maximum atomic E-state index is 3.70. The highest BCUT2D eigenvalue weighted by Gasteiger charge is 2.13. The van der Waals surface area contributed by atoms with Gasteiger partial charge in [-0.25, -0.2) is 0 Å². The molecule has 0 atom stereocenters. The maximum Gasteiger partial charge on any atom is 0.0541 e. The van der Waals surface area contributed by atoms with E-state index in [1.807, 2.05) is 11.3 Å². The second-order valence-corrected chi connectivity index (χ2v) is 8.68. The SMILES string of the molecule is Brc1cccc2c1sc1ccc(-n3c4ccccc4c4ccccc43)cc12. The lowest BCUT2D eigenvalue weighted by atomic mass is 10.1. The van der Waals surface area contributed by atoms with E-state index < -0.39 is 0 Å². The van der Waals surface area contributed by atoms with Gasteiger partial charge in [-0.15, -0.1) is 11.3 Å². The van der Waals surface area contributed by atoms with Gasteiger partial charge in [-0.2, -0.15) is 0 Å². The van der Waals surface area contributed by atoms with Gasteiger partial charge < -0.3 is 4.57 Å². The van der Waals surface area contributed by atoms with Gasteiger partial charge in [0.05, 0.1) is 11.0 Å². The summed E-state index contributed by atoms with van der Waals surface area (Å²) in [6.07, 6.45) is 0. The quantitative estimate of drug-likeness (QED) is 0.251. The van der Waals surface area contributed by atoms with Gasteiger partial charge in [0.25, 0.3) is 0 Å². The molecule has 0 bridgehead atoms. The van der Waals surface area contributed by atoms with Crippen molar-refractivity contribution < 1.29 is 0 Å². The highest BCUT2D eigenvalue weighted by atomic mass is 79.9. The molecule has 0 aliphatic carbocycles. The van der Waals surface area contributed by atoms with Crippen LogP contribution >= 0.6 is 27.3 Å². The fraction of sp³-hybridized carbons (Fsp3) is 0. The van der Waals surface area contributed by atoms with Gasteiger partial charge in [0.2, 0.25) is 0 Å². The Hall–Kier alpha value is -2.62. The molecule has 0 fully saturated rings. The molecule has 3 heteroatoms. The summed E-state index contributed by atoms with van der Waals surface area (Å²) in [5, 5.41) is 5.22. The van der Waals surface area contributed by atoms with Crippen LogP contribution in [0.1, 0.15) is 0 Å². The van der Waals surface area contributed by atoms with E-state index in [-0.39, 0.29) is 0 Å². The summed E-state index contributed by atoms with van der Waals surface area (Å²) in [7, 11) is 0. The summed E-state index contributed by atoms with van der Waals surface area (Å²) in [5.74, 6) is 0. The first-order valence-electron chi connectivity index (χ1n) is 8.90. The van der Waals surface area contributed by atoms with E-state index in [0.717, 1.165) is 0 Å². The van der Waals surface area contributed by atoms with Crippen molar-refractivity contribution in [2.24, 2.45) is 0 Å². The molecule has 6 rings (SSSR count). The predicted octanol–water partition coefficient (Wildman–Crippen LogP) is 7.91. The molecule has 0 radical (unpaired) electrons. The predicted molar refractivity (Wildman–Crippen MR) is 121 cm³/mol. The average Bonchev–Trinajstić information content (AvgIpc) is 3.24. The number of thiophene rings is 1. The third-order valence-corrected chi connectivity index (χ3v) is 7.41. The van der Waals surface area contributed by atoms with Crippen molar-refractivity contribution >= 4 is 69.2 Å². The molecule has 0 N–H and O–H groups in total. The highest BCUT2D eigenvalue weighted by molar-refractivity contribution is 9.10. The van der Waals surface area contributed by atoms with Gasteiger partial charge in [0, 0.05) is 41.1 Å². The molecule has 0 amide bonds. The minimum absolute atomic E-state index is 1.17. The largest absolute Gasteiger partial charge is 0.309 e. The summed E-state index contributed by atoms with van der Waals surface area (Å²) < 4.78 is 6.18. The molecular weight excluding hydrogens is 414 g/mol. The minimum Gasteiger partial charge on any atom is -0.309 e. The lowest BCUT2D eigenvalue weighted by Crippen LogP contribution is -1.93. The van der Waals surface area contributed by atoms with Crippen molar-refractivity contribution in [3.63, 3.8) is 0 Å². The number of fused-ring (bicyclic) bond motifs is 6. The molecule has 4 aromatic carbocycles.